The van der Waals surface area contributed by atoms with Crippen LogP contribution < -0.4 is 9.62 Å². The zero-order chi connectivity index (χ0) is 27.2. The standard InChI is InChI=1S/C26H35Cl2N3O4S/c1-7-23(26(33)29-14-17(2)3)30(15-20-11-12-21(27)22(28)13-20)24(32)16-31(36(6,34)35)25-18(4)9-8-10-19(25)5/h8-13,17,23H,7,14-16H2,1-6H3,(H,29,33). The average molecular weight is 557 g/mol. The Morgan fingerprint density at radius 1 is 1.03 bits per heavy atom. The van der Waals surface area contributed by atoms with Gasteiger partial charge in [0.25, 0.3) is 0 Å². The van der Waals surface area contributed by atoms with Crippen LogP contribution in [0.4, 0.5) is 5.69 Å². The van der Waals surface area contributed by atoms with Gasteiger partial charge in [0, 0.05) is 13.1 Å². The summed E-state index contributed by atoms with van der Waals surface area (Å²) in [7, 11) is -3.80. The first-order valence-corrected chi connectivity index (χ1v) is 14.4. The molecule has 0 saturated carbocycles. The van der Waals surface area contributed by atoms with Crippen molar-refractivity contribution < 1.29 is 18.0 Å². The number of para-hydroxylation sites is 1. The van der Waals surface area contributed by atoms with Crippen molar-refractivity contribution in [3.63, 3.8) is 0 Å². The van der Waals surface area contributed by atoms with E-state index in [9.17, 15) is 18.0 Å². The summed E-state index contributed by atoms with van der Waals surface area (Å²) < 4.78 is 26.8. The highest BCUT2D eigenvalue weighted by Crippen LogP contribution is 2.28. The lowest BCUT2D eigenvalue weighted by Crippen LogP contribution is -2.52. The first-order valence-electron chi connectivity index (χ1n) is 11.8. The zero-order valence-electron chi connectivity index (χ0n) is 21.6. The Morgan fingerprint density at radius 2 is 1.64 bits per heavy atom. The summed E-state index contributed by atoms with van der Waals surface area (Å²) in [6, 6.07) is 9.63. The number of benzene rings is 2. The number of carbonyl (C=O) groups excluding carboxylic acids is 2. The van der Waals surface area contributed by atoms with Gasteiger partial charge in [0.1, 0.15) is 12.6 Å². The van der Waals surface area contributed by atoms with E-state index < -0.39 is 28.5 Å². The van der Waals surface area contributed by atoms with Gasteiger partial charge >= 0.3 is 0 Å². The molecule has 1 N–H and O–H groups in total. The summed E-state index contributed by atoms with van der Waals surface area (Å²) in [5.41, 5.74) is 2.59. The van der Waals surface area contributed by atoms with E-state index in [1.165, 1.54) is 4.90 Å². The molecule has 0 spiro atoms. The minimum atomic E-state index is -3.80. The van der Waals surface area contributed by atoms with Crippen LogP contribution in [-0.2, 0) is 26.2 Å². The van der Waals surface area contributed by atoms with E-state index in [-0.39, 0.29) is 18.4 Å². The number of nitrogens with zero attached hydrogens (tertiary/aromatic N) is 2. The fourth-order valence-corrected chi connectivity index (χ4v) is 5.24. The summed E-state index contributed by atoms with van der Waals surface area (Å²) in [6.45, 7) is 9.45. The number of hydrogen-bond acceptors (Lipinski definition) is 4. The van der Waals surface area contributed by atoms with Crippen molar-refractivity contribution in [2.75, 3.05) is 23.7 Å². The Bertz CT molecular complexity index is 1180. The number of anilines is 1. The molecule has 0 aliphatic carbocycles. The van der Waals surface area contributed by atoms with Gasteiger partial charge < -0.3 is 10.2 Å². The van der Waals surface area contributed by atoms with E-state index in [2.05, 4.69) is 5.32 Å². The van der Waals surface area contributed by atoms with Crippen LogP contribution in [0.15, 0.2) is 36.4 Å². The second-order valence-electron chi connectivity index (χ2n) is 9.34. The molecule has 1 unspecified atom stereocenters. The Hall–Kier alpha value is -2.29. The molecule has 0 aliphatic heterocycles. The fraction of sp³-hybridized carbons (Fsp3) is 0.462. The predicted octanol–water partition coefficient (Wildman–Crippen LogP) is 4.96. The quantitative estimate of drug-likeness (QED) is 0.424. The third kappa shape index (κ3) is 7.85. The number of amides is 2. The van der Waals surface area contributed by atoms with E-state index in [4.69, 9.17) is 23.2 Å². The monoisotopic (exact) mass is 555 g/mol. The molecule has 7 nitrogen and oxygen atoms in total. The van der Waals surface area contributed by atoms with Gasteiger partial charge in [-0.1, -0.05) is 68.2 Å². The number of halogens is 2. The van der Waals surface area contributed by atoms with E-state index in [1.807, 2.05) is 26.8 Å². The molecule has 198 valence electrons. The van der Waals surface area contributed by atoms with Crippen molar-refractivity contribution >= 4 is 50.7 Å². The molecule has 2 rings (SSSR count). The second kappa shape index (κ2) is 12.8. The lowest BCUT2D eigenvalue weighted by molar-refractivity contribution is -0.140. The molecule has 36 heavy (non-hydrogen) atoms. The first-order chi connectivity index (χ1) is 16.8. The second-order valence-corrected chi connectivity index (χ2v) is 12.1. The maximum absolute atomic E-state index is 13.8. The lowest BCUT2D eigenvalue weighted by atomic mass is 10.1. The molecule has 0 saturated heterocycles. The molecule has 2 amide bonds. The molecular weight excluding hydrogens is 521 g/mol. The average Bonchev–Trinajstić information content (AvgIpc) is 2.78. The van der Waals surface area contributed by atoms with Crippen molar-refractivity contribution in [3.05, 3.63) is 63.1 Å². The van der Waals surface area contributed by atoms with Gasteiger partial charge in [0.2, 0.25) is 21.8 Å². The van der Waals surface area contributed by atoms with Crippen LogP contribution in [0.1, 0.15) is 43.9 Å². The largest absolute Gasteiger partial charge is 0.354 e. The number of rotatable bonds is 11. The van der Waals surface area contributed by atoms with Crippen LogP contribution >= 0.6 is 23.2 Å². The van der Waals surface area contributed by atoms with Gasteiger partial charge in [-0.25, -0.2) is 8.42 Å². The SMILES string of the molecule is CCC(C(=O)NCC(C)C)N(Cc1ccc(Cl)c(Cl)c1)C(=O)CN(c1c(C)cccc1C)S(C)(=O)=O. The van der Waals surface area contributed by atoms with E-state index in [0.29, 0.717) is 34.3 Å². The van der Waals surface area contributed by atoms with Crippen LogP contribution in [-0.4, -0.2) is 50.5 Å². The molecule has 0 bridgehead atoms. The number of hydrogen-bond donors (Lipinski definition) is 1. The maximum Gasteiger partial charge on any atom is 0.244 e. The highest BCUT2D eigenvalue weighted by molar-refractivity contribution is 7.92. The van der Waals surface area contributed by atoms with Crippen molar-refractivity contribution in [1.29, 1.82) is 0 Å². The molecule has 0 aliphatic rings. The Balaban J connectivity index is 2.50. The van der Waals surface area contributed by atoms with Gasteiger partial charge in [-0.2, -0.15) is 0 Å². The molecule has 0 heterocycles. The smallest absolute Gasteiger partial charge is 0.244 e. The fourth-order valence-electron chi connectivity index (χ4n) is 3.95. The van der Waals surface area contributed by atoms with Crippen molar-refractivity contribution in [2.24, 2.45) is 5.92 Å². The summed E-state index contributed by atoms with van der Waals surface area (Å²) in [5.74, 6) is -0.561. The molecular formula is C26H35Cl2N3O4S. The molecule has 10 heteroatoms. The molecule has 0 radical (unpaired) electrons. The maximum atomic E-state index is 13.8. The molecule has 2 aromatic rings. The van der Waals surface area contributed by atoms with E-state index >= 15 is 0 Å². The van der Waals surface area contributed by atoms with Crippen molar-refractivity contribution in [3.8, 4) is 0 Å². The van der Waals surface area contributed by atoms with Crippen LogP contribution in [0.5, 0.6) is 0 Å². The number of sulfonamides is 1. The number of nitrogens with one attached hydrogen (secondary N) is 1. The summed E-state index contributed by atoms with van der Waals surface area (Å²) >= 11 is 12.3. The molecule has 2 aromatic carbocycles. The molecule has 1 atom stereocenters. The Labute approximate surface area is 224 Å². The Morgan fingerprint density at radius 3 is 2.14 bits per heavy atom. The first kappa shape index (κ1) is 29.9. The van der Waals surface area contributed by atoms with Crippen LogP contribution in [0.2, 0.25) is 10.0 Å². The van der Waals surface area contributed by atoms with E-state index in [1.54, 1.807) is 44.2 Å². The van der Waals surface area contributed by atoms with Crippen molar-refractivity contribution in [1.82, 2.24) is 10.2 Å². The number of carbonyl (C=O) groups is 2. The predicted molar refractivity (Wildman–Crippen MR) is 147 cm³/mol. The minimum absolute atomic E-state index is 0.0632. The molecule has 0 fully saturated rings. The Kier molecular flexibility index (Phi) is 10.6. The summed E-state index contributed by atoms with van der Waals surface area (Å²) in [4.78, 5) is 28.3. The zero-order valence-corrected chi connectivity index (χ0v) is 24.0. The van der Waals surface area contributed by atoms with Gasteiger partial charge in [-0.15, -0.1) is 0 Å². The van der Waals surface area contributed by atoms with Gasteiger partial charge in [-0.05, 0) is 55.0 Å². The summed E-state index contributed by atoms with van der Waals surface area (Å²) in [5, 5.41) is 3.60. The van der Waals surface area contributed by atoms with E-state index in [0.717, 1.165) is 21.7 Å². The van der Waals surface area contributed by atoms with Gasteiger partial charge in [0.05, 0.1) is 22.0 Å². The van der Waals surface area contributed by atoms with Crippen LogP contribution in [0, 0.1) is 19.8 Å². The summed E-state index contributed by atoms with van der Waals surface area (Å²) in [6.07, 6.45) is 1.42. The lowest BCUT2D eigenvalue weighted by Gasteiger charge is -2.33. The number of aryl methyl sites for hydroxylation is 2. The normalized spacial score (nSPS) is 12.4. The highest BCUT2D eigenvalue weighted by Gasteiger charge is 2.32. The van der Waals surface area contributed by atoms with Gasteiger partial charge in [-0.3, -0.25) is 13.9 Å². The minimum Gasteiger partial charge on any atom is -0.354 e. The van der Waals surface area contributed by atoms with Crippen molar-refractivity contribution in [2.45, 2.75) is 53.6 Å². The van der Waals surface area contributed by atoms with Crippen LogP contribution in [0.3, 0.4) is 0 Å². The third-order valence-electron chi connectivity index (χ3n) is 5.78. The van der Waals surface area contributed by atoms with Crippen LogP contribution in [0.25, 0.3) is 0 Å². The third-order valence-corrected chi connectivity index (χ3v) is 7.63. The molecule has 0 aromatic heterocycles. The highest BCUT2D eigenvalue weighted by atomic mass is 35.5. The van der Waals surface area contributed by atoms with Gasteiger partial charge in [0.15, 0.2) is 0 Å². The topological polar surface area (TPSA) is 86.8 Å².